The Bertz CT molecular complexity index is 892. The normalized spacial score (nSPS) is 26.6. The maximum Gasteiger partial charge on any atom is 0.434 e. The van der Waals surface area contributed by atoms with Gasteiger partial charge in [0, 0.05) is 45.6 Å². The van der Waals surface area contributed by atoms with E-state index in [1.165, 1.54) is 43.5 Å². The summed E-state index contributed by atoms with van der Waals surface area (Å²) < 4.78 is 2.32. The molecule has 0 bridgehead atoms. The van der Waals surface area contributed by atoms with Crippen LogP contribution >= 0.6 is 0 Å². The number of rotatable bonds is 5. The molecule has 0 radical (unpaired) electrons. The highest BCUT2D eigenvalue weighted by atomic mass is 16.7. The van der Waals surface area contributed by atoms with Crippen LogP contribution < -0.4 is 0 Å². The summed E-state index contributed by atoms with van der Waals surface area (Å²) >= 11 is 0. The Morgan fingerprint density at radius 3 is 2.27 bits per heavy atom. The zero-order valence-electron chi connectivity index (χ0n) is 19.7. The van der Waals surface area contributed by atoms with Crippen LogP contribution in [-0.2, 0) is 21.0 Å². The van der Waals surface area contributed by atoms with Gasteiger partial charge in [-0.1, -0.05) is 33.1 Å². The molecular formula is C24H35N5O4. The first kappa shape index (κ1) is 22.4. The van der Waals surface area contributed by atoms with E-state index in [0.717, 1.165) is 19.6 Å². The Morgan fingerprint density at radius 2 is 1.67 bits per heavy atom. The number of carbonyl (C=O) groups is 3. The van der Waals surface area contributed by atoms with Crippen molar-refractivity contribution in [2.75, 3.05) is 26.2 Å². The van der Waals surface area contributed by atoms with Crippen molar-refractivity contribution in [1.82, 2.24) is 24.6 Å². The topological polar surface area (TPSA) is 88.0 Å². The molecule has 0 spiro atoms. The number of carbonyl (C=O) groups excluding carboxylic acids is 3. The van der Waals surface area contributed by atoms with E-state index in [1.54, 1.807) is 4.90 Å². The van der Waals surface area contributed by atoms with E-state index in [1.807, 2.05) is 0 Å². The molecule has 33 heavy (non-hydrogen) atoms. The van der Waals surface area contributed by atoms with Crippen LogP contribution in [0.5, 0.6) is 0 Å². The maximum absolute atomic E-state index is 12.5. The zero-order chi connectivity index (χ0) is 23.1. The number of likely N-dealkylation sites (tertiary alicyclic amines) is 2. The zero-order valence-corrected chi connectivity index (χ0v) is 19.7. The average molecular weight is 458 g/mol. The van der Waals surface area contributed by atoms with Gasteiger partial charge in [0.1, 0.15) is 0 Å². The Hall–Kier alpha value is -2.42. The van der Waals surface area contributed by atoms with Crippen LogP contribution in [0.1, 0.15) is 82.1 Å². The van der Waals surface area contributed by atoms with Crippen molar-refractivity contribution in [3.8, 4) is 0 Å². The van der Waals surface area contributed by atoms with Crippen LogP contribution in [0.2, 0.25) is 0 Å². The second-order valence-electron chi connectivity index (χ2n) is 10.5. The molecule has 1 aromatic heterocycles. The minimum absolute atomic E-state index is 0.113. The number of imide groups is 1. The molecule has 9 nitrogen and oxygen atoms in total. The molecule has 4 aliphatic rings. The van der Waals surface area contributed by atoms with Gasteiger partial charge in [-0.05, 0) is 36.7 Å². The lowest BCUT2D eigenvalue weighted by molar-refractivity contribution is -0.173. The minimum Gasteiger partial charge on any atom is -0.311 e. The third-order valence-electron chi connectivity index (χ3n) is 7.72. The van der Waals surface area contributed by atoms with E-state index >= 15 is 0 Å². The highest BCUT2D eigenvalue weighted by Gasteiger charge is 2.44. The molecule has 180 valence electrons. The fourth-order valence-corrected chi connectivity index (χ4v) is 5.89. The van der Waals surface area contributed by atoms with Crippen molar-refractivity contribution >= 4 is 17.9 Å². The lowest BCUT2D eigenvalue weighted by Gasteiger charge is -2.26. The Morgan fingerprint density at radius 1 is 1.03 bits per heavy atom. The van der Waals surface area contributed by atoms with Gasteiger partial charge in [-0.3, -0.25) is 19.2 Å². The third-order valence-corrected chi connectivity index (χ3v) is 7.72. The summed E-state index contributed by atoms with van der Waals surface area (Å²) in [5.74, 6) is 0.320. The minimum atomic E-state index is -0.587. The summed E-state index contributed by atoms with van der Waals surface area (Å²) in [6, 6.07) is 2.81. The van der Waals surface area contributed by atoms with Gasteiger partial charge >= 0.3 is 6.09 Å². The SMILES string of the molecule is CC(C)c1cc(CN2CC3CN(C(=O)ON4C(=O)CCC4=O)CC3C2)n(C2CCCCC2)n1. The number of hydrogen-bond acceptors (Lipinski definition) is 6. The number of hydrogen-bond donors (Lipinski definition) is 0. The summed E-state index contributed by atoms with van der Waals surface area (Å²) in [5, 5.41) is 5.65. The second-order valence-corrected chi connectivity index (χ2v) is 10.5. The maximum atomic E-state index is 12.5. The number of amides is 3. The van der Waals surface area contributed by atoms with Gasteiger partial charge in [0.2, 0.25) is 0 Å². The fourth-order valence-electron chi connectivity index (χ4n) is 5.89. The van der Waals surface area contributed by atoms with Crippen molar-refractivity contribution < 1.29 is 19.2 Å². The first-order valence-corrected chi connectivity index (χ1v) is 12.5. The molecule has 3 aliphatic heterocycles. The van der Waals surface area contributed by atoms with Crippen molar-refractivity contribution in [3.63, 3.8) is 0 Å². The molecule has 9 heteroatoms. The second kappa shape index (κ2) is 9.08. The van der Waals surface area contributed by atoms with Crippen molar-refractivity contribution in [2.45, 2.75) is 77.3 Å². The molecule has 0 aromatic carbocycles. The predicted octanol–water partition coefficient (Wildman–Crippen LogP) is 3.08. The van der Waals surface area contributed by atoms with Crippen LogP contribution in [0, 0.1) is 11.8 Å². The highest BCUT2D eigenvalue weighted by Crippen LogP contribution is 2.34. The van der Waals surface area contributed by atoms with E-state index < -0.39 is 17.9 Å². The molecule has 3 saturated heterocycles. The van der Waals surface area contributed by atoms with Crippen molar-refractivity contribution in [3.05, 3.63) is 17.5 Å². The Balaban J connectivity index is 1.19. The molecule has 5 rings (SSSR count). The van der Waals surface area contributed by atoms with E-state index in [4.69, 9.17) is 9.94 Å². The number of fused-ring (bicyclic) bond motifs is 1. The molecule has 2 atom stereocenters. The Labute approximate surface area is 195 Å². The third kappa shape index (κ3) is 4.52. The standard InChI is InChI=1S/C24H35N5O4/c1-16(2)21-10-20(28(25-21)19-6-4-3-5-7-19)15-26-11-17-13-27(14-18(17)12-26)24(32)33-29-22(30)8-9-23(29)31/h10,16-19H,3-9,11-15H2,1-2H3. The smallest absolute Gasteiger partial charge is 0.311 e. The van der Waals surface area contributed by atoms with E-state index in [2.05, 4.69) is 29.5 Å². The lowest BCUT2D eigenvalue weighted by Crippen LogP contribution is -2.40. The van der Waals surface area contributed by atoms with Crippen LogP contribution in [0.4, 0.5) is 4.79 Å². The number of nitrogens with zero attached hydrogens (tertiary/aromatic N) is 5. The molecule has 1 aliphatic carbocycles. The molecule has 0 N–H and O–H groups in total. The molecule has 1 aromatic rings. The van der Waals surface area contributed by atoms with Crippen molar-refractivity contribution in [1.29, 1.82) is 0 Å². The van der Waals surface area contributed by atoms with Gasteiger partial charge in [-0.2, -0.15) is 5.10 Å². The predicted molar refractivity (Wildman–Crippen MR) is 120 cm³/mol. The van der Waals surface area contributed by atoms with Gasteiger partial charge in [0.25, 0.3) is 11.8 Å². The summed E-state index contributed by atoms with van der Waals surface area (Å²) in [6.07, 6.45) is 5.98. The molecule has 2 unspecified atom stereocenters. The fraction of sp³-hybridized carbons (Fsp3) is 0.750. The largest absolute Gasteiger partial charge is 0.434 e. The summed E-state index contributed by atoms with van der Waals surface area (Å²) in [4.78, 5) is 45.2. The van der Waals surface area contributed by atoms with Gasteiger partial charge in [0.15, 0.2) is 0 Å². The van der Waals surface area contributed by atoms with Gasteiger partial charge in [0.05, 0.1) is 17.4 Å². The molecule has 4 fully saturated rings. The van der Waals surface area contributed by atoms with Crippen LogP contribution in [0.3, 0.4) is 0 Å². The van der Waals surface area contributed by atoms with Crippen LogP contribution in [0.25, 0.3) is 0 Å². The molecular weight excluding hydrogens is 422 g/mol. The highest BCUT2D eigenvalue weighted by molar-refractivity contribution is 6.01. The van der Waals surface area contributed by atoms with Gasteiger partial charge < -0.3 is 9.74 Å². The molecule has 4 heterocycles. The van der Waals surface area contributed by atoms with E-state index in [9.17, 15) is 14.4 Å². The summed E-state index contributed by atoms with van der Waals surface area (Å²) in [7, 11) is 0. The number of aromatic nitrogens is 2. The average Bonchev–Trinajstić information content (AvgIpc) is 3.54. The van der Waals surface area contributed by atoms with Crippen molar-refractivity contribution in [2.24, 2.45) is 11.8 Å². The first-order chi connectivity index (χ1) is 15.9. The Kier molecular flexibility index (Phi) is 6.16. The van der Waals surface area contributed by atoms with E-state index in [-0.39, 0.29) is 12.8 Å². The first-order valence-electron chi connectivity index (χ1n) is 12.5. The van der Waals surface area contributed by atoms with Gasteiger partial charge in [-0.25, -0.2) is 4.79 Å². The lowest BCUT2D eigenvalue weighted by atomic mass is 9.95. The van der Waals surface area contributed by atoms with Crippen LogP contribution in [-0.4, -0.2) is 68.7 Å². The summed E-state index contributed by atoms with van der Waals surface area (Å²) in [5.41, 5.74) is 2.49. The summed E-state index contributed by atoms with van der Waals surface area (Å²) in [6.45, 7) is 8.38. The quantitative estimate of drug-likeness (QED) is 0.632. The van der Waals surface area contributed by atoms with Gasteiger partial charge in [-0.15, -0.1) is 5.06 Å². The molecule has 3 amide bonds. The number of hydroxylamine groups is 2. The van der Waals surface area contributed by atoms with E-state index in [0.29, 0.717) is 41.9 Å². The molecule has 1 saturated carbocycles. The van der Waals surface area contributed by atoms with Crippen LogP contribution in [0.15, 0.2) is 6.07 Å². The monoisotopic (exact) mass is 457 g/mol.